The molecule has 1 aromatic heterocycles. The van der Waals surface area contributed by atoms with Gasteiger partial charge in [-0.15, -0.1) is 12.3 Å². The van der Waals surface area contributed by atoms with E-state index in [9.17, 15) is 4.79 Å². The fourth-order valence-corrected chi connectivity index (χ4v) is 1.52. The Bertz CT molecular complexity index is 536. The van der Waals surface area contributed by atoms with Gasteiger partial charge in [-0.25, -0.2) is 4.98 Å². The first-order valence-corrected chi connectivity index (χ1v) is 8.83. The van der Waals surface area contributed by atoms with Crippen LogP contribution >= 0.6 is 23.2 Å². The van der Waals surface area contributed by atoms with Gasteiger partial charge >= 0.3 is 0 Å². The number of rotatable bonds is 4. The second-order valence-corrected chi connectivity index (χ2v) is 6.30. The Morgan fingerprint density at radius 2 is 1.65 bits per heavy atom. The zero-order valence-corrected chi connectivity index (χ0v) is 18.2. The van der Waals surface area contributed by atoms with Crippen LogP contribution in [0.3, 0.4) is 0 Å². The van der Waals surface area contributed by atoms with E-state index in [1.165, 1.54) is 25.7 Å². The Kier molecular flexibility index (Phi) is 20.1. The van der Waals surface area contributed by atoms with Gasteiger partial charge in [0.1, 0.15) is 10.3 Å². The minimum absolute atomic E-state index is 0.196. The lowest BCUT2D eigenvalue weighted by Gasteiger charge is -2.24. The molecule has 1 N–H and O–H groups in total. The van der Waals surface area contributed by atoms with Crippen molar-refractivity contribution in [2.45, 2.75) is 59.9 Å². The number of terminal acetylenes is 1. The highest BCUT2D eigenvalue weighted by molar-refractivity contribution is 6.33. The molecule has 5 nitrogen and oxygen atoms in total. The lowest BCUT2D eigenvalue weighted by molar-refractivity contribution is -0.126. The van der Waals surface area contributed by atoms with Gasteiger partial charge in [-0.3, -0.25) is 9.59 Å². The van der Waals surface area contributed by atoms with Crippen LogP contribution in [0.15, 0.2) is 12.1 Å². The Balaban J connectivity index is -0.000000439. The van der Waals surface area contributed by atoms with E-state index < -0.39 is 0 Å². The molecule has 0 atom stereocenters. The number of carbonyl (C=O) groups excluding carboxylic acids is 2. The number of carbonyl (C=O) groups is 2. The van der Waals surface area contributed by atoms with Gasteiger partial charge in [-0.2, -0.15) is 0 Å². The quantitative estimate of drug-likeness (QED) is 0.427. The molecule has 1 amide bonds. The van der Waals surface area contributed by atoms with Crippen molar-refractivity contribution < 1.29 is 14.3 Å². The van der Waals surface area contributed by atoms with Crippen molar-refractivity contribution in [3.05, 3.63) is 28.0 Å². The third-order valence-electron chi connectivity index (χ3n) is 2.46. The largest absolute Gasteiger partial charge is 0.471 e. The van der Waals surface area contributed by atoms with Crippen molar-refractivity contribution in [3.8, 4) is 12.3 Å². The second-order valence-electron chi connectivity index (χ2n) is 5.52. The molecule has 0 bridgehead atoms. The summed E-state index contributed by atoms with van der Waals surface area (Å²) in [5, 5.41) is 3.32. The van der Waals surface area contributed by atoms with E-state index in [1.54, 1.807) is 6.92 Å². The summed E-state index contributed by atoms with van der Waals surface area (Å²) in [5.41, 5.74) is 0.172. The lowest BCUT2D eigenvalue weighted by atomic mass is 10.0. The number of aromatic nitrogens is 1. The molecule has 0 radical (unpaired) electrons. The Morgan fingerprint density at radius 3 is 1.92 bits per heavy atom. The molecule has 1 aromatic rings. The molecule has 0 aromatic carbocycles. The zero-order chi connectivity index (χ0) is 21.2. The van der Waals surface area contributed by atoms with E-state index in [1.807, 2.05) is 20.8 Å². The number of hydrogen-bond donors (Lipinski definition) is 1. The van der Waals surface area contributed by atoms with Crippen molar-refractivity contribution in [1.29, 1.82) is 0 Å². The Morgan fingerprint density at radius 1 is 1.31 bits per heavy atom. The van der Waals surface area contributed by atoms with Gasteiger partial charge in [0, 0.05) is 11.1 Å². The van der Waals surface area contributed by atoms with Crippen LogP contribution in [0, 0.1) is 12.3 Å². The van der Waals surface area contributed by atoms with Gasteiger partial charge < -0.3 is 10.1 Å². The Hall–Kier alpha value is -1.77. The fourth-order valence-electron chi connectivity index (χ4n) is 1.06. The van der Waals surface area contributed by atoms with Crippen molar-refractivity contribution in [2.75, 3.05) is 7.11 Å². The standard InChI is InChI=1S/C11H14Cl2N2O.C3H8.C3H4.C2H4O2/c1-4-11(2,3)15-10(16)7-5-8(12)14-9(13)6-7;2*1-3-2;1-4-2-3/h5-6H,4H2,1-3H3,(H,15,16);3H2,1-2H3;1H,2H3;2H,1H3. The molecular weight excluding hydrogens is 375 g/mol. The molecular formula is C19H30Cl2N2O3. The van der Waals surface area contributed by atoms with Crippen LogP contribution in [0.5, 0.6) is 0 Å². The van der Waals surface area contributed by atoms with Crippen LogP contribution in [0.4, 0.5) is 0 Å². The van der Waals surface area contributed by atoms with E-state index in [0.717, 1.165) is 6.42 Å². The molecule has 0 fully saturated rings. The molecule has 0 saturated carbocycles. The van der Waals surface area contributed by atoms with Crippen LogP contribution in [0.25, 0.3) is 0 Å². The molecule has 0 saturated heterocycles. The number of pyridine rings is 1. The van der Waals surface area contributed by atoms with E-state index in [2.05, 4.69) is 41.2 Å². The first-order valence-electron chi connectivity index (χ1n) is 8.08. The molecule has 0 aliphatic carbocycles. The first-order chi connectivity index (χ1) is 12.1. The molecule has 7 heteroatoms. The summed E-state index contributed by atoms with van der Waals surface area (Å²) in [6.45, 7) is 12.2. The van der Waals surface area contributed by atoms with Gasteiger partial charge in [0.05, 0.1) is 7.11 Å². The van der Waals surface area contributed by atoms with E-state index >= 15 is 0 Å². The smallest absolute Gasteiger partial charge is 0.292 e. The molecule has 0 aliphatic rings. The minimum Gasteiger partial charge on any atom is -0.471 e. The highest BCUT2D eigenvalue weighted by atomic mass is 35.5. The highest BCUT2D eigenvalue weighted by Crippen LogP contribution is 2.16. The molecule has 1 heterocycles. The minimum atomic E-state index is -0.251. The number of halogens is 2. The van der Waals surface area contributed by atoms with Crippen molar-refractivity contribution in [2.24, 2.45) is 0 Å². The summed E-state index contributed by atoms with van der Waals surface area (Å²) < 4.78 is 3.86. The van der Waals surface area contributed by atoms with Gasteiger partial charge in [0.2, 0.25) is 0 Å². The second kappa shape index (κ2) is 18.0. The van der Waals surface area contributed by atoms with Crippen LogP contribution in [-0.4, -0.2) is 30.0 Å². The summed E-state index contributed by atoms with van der Waals surface area (Å²) in [6.07, 6.45) is 6.69. The summed E-state index contributed by atoms with van der Waals surface area (Å²) in [5.74, 6) is 2.05. The predicted molar refractivity (Wildman–Crippen MR) is 110 cm³/mol. The maximum Gasteiger partial charge on any atom is 0.292 e. The van der Waals surface area contributed by atoms with Crippen molar-refractivity contribution in [1.82, 2.24) is 10.3 Å². The highest BCUT2D eigenvalue weighted by Gasteiger charge is 2.19. The van der Waals surface area contributed by atoms with Crippen LogP contribution < -0.4 is 5.32 Å². The van der Waals surface area contributed by atoms with Crippen LogP contribution in [0.2, 0.25) is 10.3 Å². The van der Waals surface area contributed by atoms with Gasteiger partial charge in [0.15, 0.2) is 0 Å². The maximum absolute atomic E-state index is 11.9. The van der Waals surface area contributed by atoms with Gasteiger partial charge in [-0.1, -0.05) is 50.4 Å². The maximum atomic E-state index is 11.9. The van der Waals surface area contributed by atoms with Gasteiger partial charge in [-0.05, 0) is 39.3 Å². The summed E-state index contributed by atoms with van der Waals surface area (Å²) in [4.78, 5) is 24.6. The summed E-state index contributed by atoms with van der Waals surface area (Å²) >= 11 is 11.4. The molecule has 26 heavy (non-hydrogen) atoms. The monoisotopic (exact) mass is 404 g/mol. The third-order valence-corrected chi connectivity index (χ3v) is 2.84. The summed E-state index contributed by atoms with van der Waals surface area (Å²) in [7, 11) is 1.31. The number of amides is 1. The number of nitrogens with zero attached hydrogens (tertiary/aromatic N) is 1. The fraction of sp³-hybridized carbons (Fsp3) is 0.526. The predicted octanol–water partition coefficient (Wildman–Crippen LogP) is 5.15. The lowest BCUT2D eigenvalue weighted by Crippen LogP contribution is -2.42. The average molecular weight is 405 g/mol. The SMILES string of the molecule is C#CC.CCC.CCC(C)(C)NC(=O)c1cc(Cl)nc(Cl)c1.COC=O. The van der Waals surface area contributed by atoms with E-state index in [-0.39, 0.29) is 21.8 Å². The van der Waals surface area contributed by atoms with E-state index in [4.69, 9.17) is 28.0 Å². The Labute approximate surface area is 167 Å². The van der Waals surface area contributed by atoms with Crippen LogP contribution in [0.1, 0.15) is 64.7 Å². The molecule has 148 valence electrons. The van der Waals surface area contributed by atoms with Crippen molar-refractivity contribution >= 4 is 35.6 Å². The number of methoxy groups -OCH3 is 1. The topological polar surface area (TPSA) is 68.3 Å². The van der Waals surface area contributed by atoms with Crippen molar-refractivity contribution in [3.63, 3.8) is 0 Å². The molecule has 1 rings (SSSR count). The normalized spacial score (nSPS) is 8.77. The number of hydrogen-bond acceptors (Lipinski definition) is 4. The summed E-state index contributed by atoms with van der Waals surface area (Å²) in [6, 6.07) is 2.99. The number of nitrogens with one attached hydrogen (secondary N) is 1. The molecule has 0 aliphatic heterocycles. The molecule has 0 unspecified atom stereocenters. The average Bonchev–Trinajstić information content (AvgIpc) is 2.55. The van der Waals surface area contributed by atoms with Gasteiger partial charge in [0.25, 0.3) is 12.4 Å². The zero-order valence-electron chi connectivity index (χ0n) is 16.7. The number of ether oxygens (including phenoxy) is 1. The van der Waals surface area contributed by atoms with Crippen LogP contribution in [-0.2, 0) is 9.53 Å². The molecule has 0 spiro atoms. The third kappa shape index (κ3) is 18.6. The first kappa shape index (κ1) is 29.0. The van der Waals surface area contributed by atoms with E-state index in [0.29, 0.717) is 12.0 Å².